The van der Waals surface area contributed by atoms with E-state index in [0.29, 0.717) is 17.6 Å². The summed E-state index contributed by atoms with van der Waals surface area (Å²) in [6.45, 7) is 4.70. The Kier molecular flexibility index (Phi) is 5.38. The summed E-state index contributed by atoms with van der Waals surface area (Å²) >= 11 is 1.74. The molecular formula is C16H24N4O2S. The van der Waals surface area contributed by atoms with Crippen LogP contribution in [0.15, 0.2) is 12.4 Å². The summed E-state index contributed by atoms with van der Waals surface area (Å²) in [5.41, 5.74) is 0.397. The van der Waals surface area contributed by atoms with Crippen LogP contribution < -0.4 is 10.2 Å². The molecule has 7 heteroatoms. The number of ether oxygens (including phenoxy) is 1. The molecule has 3 atom stereocenters. The monoisotopic (exact) mass is 336 g/mol. The van der Waals surface area contributed by atoms with E-state index in [1.54, 1.807) is 24.2 Å². The van der Waals surface area contributed by atoms with E-state index in [9.17, 15) is 4.79 Å². The molecule has 2 heterocycles. The average Bonchev–Trinajstić information content (AvgIpc) is 3.08. The zero-order valence-corrected chi connectivity index (χ0v) is 14.5. The quantitative estimate of drug-likeness (QED) is 0.853. The second-order valence-corrected chi connectivity index (χ2v) is 6.98. The molecule has 126 valence electrons. The summed E-state index contributed by atoms with van der Waals surface area (Å²) in [6.07, 6.45) is 8.79. The van der Waals surface area contributed by atoms with E-state index < -0.39 is 0 Å². The Bertz CT molecular complexity index is 551. The Balaban J connectivity index is 1.61. The molecule has 1 amide bonds. The fourth-order valence-electron chi connectivity index (χ4n) is 3.22. The molecule has 0 unspecified atom stereocenters. The van der Waals surface area contributed by atoms with E-state index in [2.05, 4.69) is 26.4 Å². The molecule has 1 aromatic rings. The lowest BCUT2D eigenvalue weighted by atomic mass is 9.88. The van der Waals surface area contributed by atoms with Crippen LogP contribution in [0.4, 0.5) is 5.82 Å². The molecule has 3 rings (SSSR count). The SMILES string of the molecule is CCO[C@@H]1C[C@@H](NC(=O)c2cncc(N3CCCC3)n2)[C@@H]1SC. The van der Waals surface area contributed by atoms with Crippen molar-refractivity contribution in [2.24, 2.45) is 0 Å². The topological polar surface area (TPSA) is 67.3 Å². The largest absolute Gasteiger partial charge is 0.377 e. The van der Waals surface area contributed by atoms with Crippen LogP contribution >= 0.6 is 11.8 Å². The molecule has 1 saturated carbocycles. The molecule has 1 saturated heterocycles. The second kappa shape index (κ2) is 7.49. The van der Waals surface area contributed by atoms with Crippen LogP contribution in [0.25, 0.3) is 0 Å². The number of nitrogens with zero attached hydrogens (tertiary/aromatic N) is 3. The van der Waals surface area contributed by atoms with E-state index >= 15 is 0 Å². The van der Waals surface area contributed by atoms with Gasteiger partial charge < -0.3 is 15.0 Å². The number of hydrogen-bond donors (Lipinski definition) is 1. The fraction of sp³-hybridized carbons (Fsp3) is 0.688. The van der Waals surface area contributed by atoms with Crippen molar-refractivity contribution in [3.8, 4) is 0 Å². The first-order chi connectivity index (χ1) is 11.2. The zero-order valence-electron chi connectivity index (χ0n) is 13.7. The third-order valence-corrected chi connectivity index (χ3v) is 5.68. The Morgan fingerprint density at radius 1 is 1.43 bits per heavy atom. The lowest BCUT2D eigenvalue weighted by Crippen LogP contribution is -2.58. The van der Waals surface area contributed by atoms with Gasteiger partial charge >= 0.3 is 0 Å². The summed E-state index contributed by atoms with van der Waals surface area (Å²) < 4.78 is 5.68. The Morgan fingerprint density at radius 2 is 2.22 bits per heavy atom. The highest BCUT2D eigenvalue weighted by Gasteiger charge is 2.42. The molecule has 0 spiro atoms. The molecule has 23 heavy (non-hydrogen) atoms. The Hall–Kier alpha value is -1.34. The van der Waals surface area contributed by atoms with Gasteiger partial charge in [-0.05, 0) is 32.4 Å². The Labute approximate surface area is 141 Å². The second-order valence-electron chi connectivity index (χ2n) is 5.97. The normalized spacial score (nSPS) is 26.9. The molecule has 0 radical (unpaired) electrons. The number of aromatic nitrogens is 2. The lowest BCUT2D eigenvalue weighted by molar-refractivity contribution is -0.00202. The van der Waals surface area contributed by atoms with Gasteiger partial charge in [0.1, 0.15) is 11.5 Å². The summed E-state index contributed by atoms with van der Waals surface area (Å²) in [5.74, 6) is 0.662. The van der Waals surface area contributed by atoms with E-state index in [-0.39, 0.29) is 18.1 Å². The number of rotatable bonds is 6. The molecule has 0 bridgehead atoms. The minimum atomic E-state index is -0.141. The highest BCUT2D eigenvalue weighted by Crippen LogP contribution is 2.33. The van der Waals surface area contributed by atoms with Crippen LogP contribution in [-0.4, -0.2) is 59.2 Å². The van der Waals surface area contributed by atoms with Gasteiger partial charge in [-0.15, -0.1) is 0 Å². The highest BCUT2D eigenvalue weighted by molar-refractivity contribution is 7.99. The number of amides is 1. The van der Waals surface area contributed by atoms with Crippen molar-refractivity contribution in [1.29, 1.82) is 0 Å². The first kappa shape index (κ1) is 16.5. The van der Waals surface area contributed by atoms with Crippen LogP contribution in [0, 0.1) is 0 Å². The van der Waals surface area contributed by atoms with Crippen LogP contribution in [0.1, 0.15) is 36.7 Å². The van der Waals surface area contributed by atoms with Gasteiger partial charge in [0.05, 0.1) is 23.7 Å². The summed E-state index contributed by atoms with van der Waals surface area (Å²) in [7, 11) is 0. The third kappa shape index (κ3) is 3.61. The predicted molar refractivity (Wildman–Crippen MR) is 92.1 cm³/mol. The first-order valence-corrected chi connectivity index (χ1v) is 9.54. The molecule has 1 aliphatic heterocycles. The maximum absolute atomic E-state index is 12.5. The van der Waals surface area contributed by atoms with Gasteiger partial charge in [0.25, 0.3) is 5.91 Å². The van der Waals surface area contributed by atoms with Crippen LogP contribution in [-0.2, 0) is 4.74 Å². The van der Waals surface area contributed by atoms with Crippen LogP contribution in [0.2, 0.25) is 0 Å². The van der Waals surface area contributed by atoms with Crippen molar-refractivity contribution in [1.82, 2.24) is 15.3 Å². The van der Waals surface area contributed by atoms with Crippen molar-refractivity contribution in [3.63, 3.8) is 0 Å². The van der Waals surface area contributed by atoms with E-state index in [0.717, 1.165) is 25.3 Å². The predicted octanol–water partition coefficient (Wildman–Crippen LogP) is 1.72. The molecule has 1 aromatic heterocycles. The first-order valence-electron chi connectivity index (χ1n) is 8.25. The van der Waals surface area contributed by atoms with Gasteiger partial charge in [-0.2, -0.15) is 11.8 Å². The number of carbonyl (C=O) groups is 1. The minimum absolute atomic E-state index is 0.141. The highest BCUT2D eigenvalue weighted by atomic mass is 32.2. The third-order valence-electron chi connectivity index (χ3n) is 4.50. The standard InChI is InChI=1S/C16H24N4O2S/c1-3-22-13-8-11(15(13)23-2)19-16(21)12-9-17-10-14(18-12)20-6-4-5-7-20/h9-11,13,15H,3-8H2,1-2H3,(H,19,21)/t11-,13-,15+/m1/s1. The van der Waals surface area contributed by atoms with Gasteiger partial charge in [0, 0.05) is 25.7 Å². The average molecular weight is 336 g/mol. The number of hydrogen-bond acceptors (Lipinski definition) is 6. The lowest BCUT2D eigenvalue weighted by Gasteiger charge is -2.43. The smallest absolute Gasteiger partial charge is 0.271 e. The van der Waals surface area contributed by atoms with Crippen LogP contribution in [0.3, 0.4) is 0 Å². The molecule has 0 aromatic carbocycles. The molecule has 1 aliphatic carbocycles. The van der Waals surface area contributed by atoms with E-state index in [1.807, 2.05) is 6.92 Å². The minimum Gasteiger partial charge on any atom is -0.377 e. The van der Waals surface area contributed by atoms with E-state index in [1.165, 1.54) is 12.8 Å². The molecular weight excluding hydrogens is 312 g/mol. The van der Waals surface area contributed by atoms with Crippen molar-refractivity contribution >= 4 is 23.5 Å². The van der Waals surface area contributed by atoms with Gasteiger partial charge in [-0.25, -0.2) is 4.98 Å². The Morgan fingerprint density at radius 3 is 2.91 bits per heavy atom. The number of anilines is 1. The molecule has 2 fully saturated rings. The summed E-state index contributed by atoms with van der Waals surface area (Å²) in [5, 5.41) is 3.39. The molecule has 6 nitrogen and oxygen atoms in total. The molecule has 1 N–H and O–H groups in total. The maximum atomic E-state index is 12.5. The van der Waals surface area contributed by atoms with Gasteiger partial charge in [0.15, 0.2) is 0 Å². The van der Waals surface area contributed by atoms with Crippen molar-refractivity contribution in [2.45, 2.75) is 43.6 Å². The number of carbonyl (C=O) groups excluding carboxylic acids is 1. The van der Waals surface area contributed by atoms with Gasteiger partial charge in [-0.3, -0.25) is 9.78 Å². The van der Waals surface area contributed by atoms with Crippen molar-refractivity contribution in [3.05, 3.63) is 18.1 Å². The van der Waals surface area contributed by atoms with Gasteiger partial charge in [-0.1, -0.05) is 0 Å². The van der Waals surface area contributed by atoms with Crippen LogP contribution in [0.5, 0.6) is 0 Å². The maximum Gasteiger partial charge on any atom is 0.271 e. The number of nitrogens with one attached hydrogen (secondary N) is 1. The summed E-state index contributed by atoms with van der Waals surface area (Å²) in [4.78, 5) is 23.3. The zero-order chi connectivity index (χ0) is 16.2. The van der Waals surface area contributed by atoms with Crippen molar-refractivity contribution < 1.29 is 9.53 Å². The van der Waals surface area contributed by atoms with E-state index in [4.69, 9.17) is 4.74 Å². The van der Waals surface area contributed by atoms with Crippen molar-refractivity contribution in [2.75, 3.05) is 30.9 Å². The molecule has 2 aliphatic rings. The summed E-state index contributed by atoms with van der Waals surface area (Å²) in [6, 6.07) is 0.145. The fourth-order valence-corrected chi connectivity index (χ4v) is 4.22. The van der Waals surface area contributed by atoms with Gasteiger partial charge in [0.2, 0.25) is 0 Å². The number of thioether (sulfide) groups is 1.